The molecule has 0 saturated carbocycles. The van der Waals surface area contributed by atoms with E-state index in [1.165, 1.54) is 0 Å². The summed E-state index contributed by atoms with van der Waals surface area (Å²) in [5.41, 5.74) is 0. The quantitative estimate of drug-likeness (QED) is 0.743. The molecule has 0 spiro atoms. The Morgan fingerprint density at radius 2 is 1.94 bits per heavy atom. The van der Waals surface area contributed by atoms with Gasteiger partial charge in [0, 0.05) is 45.8 Å². The minimum absolute atomic E-state index is 0.103. The van der Waals surface area contributed by atoms with E-state index in [0.29, 0.717) is 0 Å². The van der Waals surface area contributed by atoms with E-state index in [1.54, 1.807) is 0 Å². The van der Waals surface area contributed by atoms with Crippen LogP contribution >= 0.6 is 0 Å². The molecule has 0 bridgehead atoms. The zero-order valence-electron chi connectivity index (χ0n) is 11.5. The Hall–Kier alpha value is -0.650. The number of aliphatic hydroxyl groups excluding tert-OH is 1. The summed E-state index contributed by atoms with van der Waals surface area (Å²) in [7, 11) is 1.89. The van der Waals surface area contributed by atoms with Gasteiger partial charge in [-0.3, -0.25) is 14.6 Å². The molecule has 2 atom stereocenters. The van der Waals surface area contributed by atoms with Gasteiger partial charge < -0.3 is 10.0 Å². The second-order valence-corrected chi connectivity index (χ2v) is 5.38. The molecule has 5 nitrogen and oxygen atoms in total. The number of hydrogen-bond acceptors (Lipinski definition) is 4. The maximum Gasteiger partial charge on any atom is 0.239 e. The summed E-state index contributed by atoms with van der Waals surface area (Å²) in [5, 5.41) is 9.32. The molecule has 104 valence electrons. The highest BCUT2D eigenvalue weighted by Gasteiger charge is 2.35. The Morgan fingerprint density at radius 3 is 2.39 bits per heavy atom. The number of likely N-dealkylation sites (N-methyl/N-ethyl adjacent to an activating group) is 1. The molecule has 2 saturated heterocycles. The predicted molar refractivity (Wildman–Crippen MR) is 70.4 cm³/mol. The first-order valence-corrected chi connectivity index (χ1v) is 7.01. The first-order valence-electron chi connectivity index (χ1n) is 7.01. The van der Waals surface area contributed by atoms with Crippen molar-refractivity contribution in [1.82, 2.24) is 14.7 Å². The highest BCUT2D eigenvalue weighted by Crippen LogP contribution is 2.18. The van der Waals surface area contributed by atoms with Crippen molar-refractivity contribution in [3.8, 4) is 0 Å². The normalized spacial score (nSPS) is 28.9. The third kappa shape index (κ3) is 2.68. The van der Waals surface area contributed by atoms with Gasteiger partial charge in [-0.2, -0.15) is 0 Å². The summed E-state index contributed by atoms with van der Waals surface area (Å²) in [4.78, 5) is 18.5. The van der Waals surface area contributed by atoms with Crippen LogP contribution < -0.4 is 0 Å². The van der Waals surface area contributed by atoms with Crippen LogP contribution in [0, 0.1) is 0 Å². The van der Waals surface area contributed by atoms with Crippen molar-refractivity contribution in [2.24, 2.45) is 0 Å². The van der Waals surface area contributed by atoms with Gasteiger partial charge in [0.05, 0.1) is 12.6 Å². The van der Waals surface area contributed by atoms with Crippen LogP contribution in [-0.2, 0) is 4.79 Å². The van der Waals surface area contributed by atoms with Gasteiger partial charge in [-0.1, -0.05) is 6.92 Å². The summed E-state index contributed by atoms with van der Waals surface area (Å²) in [6.07, 6.45) is 1.95. The van der Waals surface area contributed by atoms with E-state index in [4.69, 9.17) is 0 Å². The molecule has 1 N–H and O–H groups in total. The van der Waals surface area contributed by atoms with E-state index in [0.717, 1.165) is 45.6 Å². The van der Waals surface area contributed by atoms with Crippen molar-refractivity contribution in [1.29, 1.82) is 0 Å². The van der Waals surface area contributed by atoms with Gasteiger partial charge in [0.15, 0.2) is 0 Å². The summed E-state index contributed by atoms with van der Waals surface area (Å²) in [5.74, 6) is 0.276. The number of piperazine rings is 1. The number of aliphatic hydroxyl groups is 1. The van der Waals surface area contributed by atoms with Gasteiger partial charge in [0.1, 0.15) is 0 Å². The molecule has 0 aliphatic carbocycles. The maximum absolute atomic E-state index is 12.0. The van der Waals surface area contributed by atoms with E-state index in [2.05, 4.69) is 16.7 Å². The van der Waals surface area contributed by atoms with Gasteiger partial charge in [0.2, 0.25) is 5.91 Å². The highest BCUT2D eigenvalue weighted by atomic mass is 16.3. The summed E-state index contributed by atoms with van der Waals surface area (Å²) < 4.78 is 0. The summed E-state index contributed by atoms with van der Waals surface area (Å²) in [6.45, 7) is 7.06. The molecule has 2 unspecified atom stereocenters. The Kier molecular flexibility index (Phi) is 4.59. The Morgan fingerprint density at radius 1 is 1.28 bits per heavy atom. The van der Waals surface area contributed by atoms with Gasteiger partial charge in [0.25, 0.3) is 0 Å². The fourth-order valence-corrected chi connectivity index (χ4v) is 3.06. The van der Waals surface area contributed by atoms with Crippen LogP contribution in [0.25, 0.3) is 0 Å². The molecular weight excluding hydrogens is 230 g/mol. The maximum atomic E-state index is 12.0. The molecule has 2 rings (SSSR count). The van der Waals surface area contributed by atoms with E-state index in [9.17, 15) is 9.90 Å². The Labute approximate surface area is 109 Å². The summed E-state index contributed by atoms with van der Waals surface area (Å²) in [6, 6.07) is 0.389. The second-order valence-electron chi connectivity index (χ2n) is 5.38. The van der Waals surface area contributed by atoms with Gasteiger partial charge in [-0.15, -0.1) is 0 Å². The van der Waals surface area contributed by atoms with E-state index < -0.39 is 0 Å². The number of hydrogen-bond donors (Lipinski definition) is 1. The van der Waals surface area contributed by atoms with Crippen molar-refractivity contribution < 1.29 is 9.90 Å². The van der Waals surface area contributed by atoms with Crippen molar-refractivity contribution in [3.05, 3.63) is 0 Å². The minimum Gasteiger partial charge on any atom is -0.395 e. The fraction of sp³-hybridized carbons (Fsp3) is 0.923. The van der Waals surface area contributed by atoms with Crippen LogP contribution in [0.2, 0.25) is 0 Å². The molecule has 18 heavy (non-hydrogen) atoms. The third-order valence-electron chi connectivity index (χ3n) is 4.39. The van der Waals surface area contributed by atoms with Crippen LogP contribution in [0.3, 0.4) is 0 Å². The molecule has 2 heterocycles. The number of carbonyl (C=O) groups excluding carboxylic acids is 1. The largest absolute Gasteiger partial charge is 0.395 e. The van der Waals surface area contributed by atoms with Gasteiger partial charge >= 0.3 is 0 Å². The second kappa shape index (κ2) is 5.99. The number of nitrogens with zero attached hydrogens (tertiary/aromatic N) is 3. The molecular formula is C13H25N3O2. The SMILES string of the molecule is CCC(CO)N1CCN(C2CCN(C)C2=O)CC1. The van der Waals surface area contributed by atoms with Crippen molar-refractivity contribution >= 4 is 5.91 Å². The Bertz CT molecular complexity index is 286. The molecule has 0 radical (unpaired) electrons. The van der Waals surface area contributed by atoms with Crippen LogP contribution in [0.4, 0.5) is 0 Å². The molecule has 5 heteroatoms. The van der Waals surface area contributed by atoms with Crippen molar-refractivity contribution in [3.63, 3.8) is 0 Å². The monoisotopic (exact) mass is 255 g/mol. The van der Waals surface area contributed by atoms with Crippen LogP contribution in [0.15, 0.2) is 0 Å². The van der Waals surface area contributed by atoms with Crippen LogP contribution in [0.5, 0.6) is 0 Å². The van der Waals surface area contributed by atoms with Gasteiger partial charge in [-0.05, 0) is 12.8 Å². The highest BCUT2D eigenvalue weighted by molar-refractivity contribution is 5.83. The van der Waals surface area contributed by atoms with Gasteiger partial charge in [-0.25, -0.2) is 0 Å². The average Bonchev–Trinajstić information content (AvgIpc) is 2.73. The van der Waals surface area contributed by atoms with E-state index >= 15 is 0 Å². The lowest BCUT2D eigenvalue weighted by atomic mass is 10.1. The van der Waals surface area contributed by atoms with Crippen LogP contribution in [-0.4, -0.2) is 84.2 Å². The number of amides is 1. The predicted octanol–water partition coefficient (Wildman–Crippen LogP) is -0.394. The van der Waals surface area contributed by atoms with E-state index in [1.807, 2.05) is 11.9 Å². The lowest BCUT2D eigenvalue weighted by Gasteiger charge is -2.40. The number of rotatable bonds is 4. The topological polar surface area (TPSA) is 47.0 Å². The third-order valence-corrected chi connectivity index (χ3v) is 4.39. The van der Waals surface area contributed by atoms with E-state index in [-0.39, 0.29) is 24.6 Å². The molecule has 0 aromatic carbocycles. The Balaban J connectivity index is 1.85. The average molecular weight is 255 g/mol. The lowest BCUT2D eigenvalue weighted by molar-refractivity contribution is -0.131. The standard InChI is InChI=1S/C13H25N3O2/c1-3-11(10-17)15-6-8-16(9-7-15)12-4-5-14(2)13(12)18/h11-12,17H,3-10H2,1-2H3. The molecule has 0 aromatic heterocycles. The minimum atomic E-state index is 0.103. The number of carbonyl (C=O) groups is 1. The molecule has 1 amide bonds. The fourth-order valence-electron chi connectivity index (χ4n) is 3.06. The summed E-state index contributed by atoms with van der Waals surface area (Å²) >= 11 is 0. The zero-order chi connectivity index (χ0) is 13.1. The zero-order valence-corrected chi connectivity index (χ0v) is 11.5. The first kappa shape index (κ1) is 13.8. The molecule has 2 fully saturated rings. The smallest absolute Gasteiger partial charge is 0.239 e. The van der Waals surface area contributed by atoms with Crippen LogP contribution in [0.1, 0.15) is 19.8 Å². The molecule has 2 aliphatic rings. The lowest BCUT2D eigenvalue weighted by Crippen LogP contribution is -2.55. The first-order chi connectivity index (χ1) is 8.67. The molecule has 0 aromatic rings. The van der Waals surface area contributed by atoms with Crippen molar-refractivity contribution in [2.75, 3.05) is 46.4 Å². The van der Waals surface area contributed by atoms with Crippen molar-refractivity contribution in [2.45, 2.75) is 31.8 Å². The molecule has 2 aliphatic heterocycles. The number of likely N-dealkylation sites (tertiary alicyclic amines) is 1.